The molecule has 34 heavy (non-hydrogen) atoms. The van der Waals surface area contributed by atoms with E-state index in [9.17, 15) is 0 Å². The van der Waals surface area contributed by atoms with E-state index in [1.54, 1.807) is 4.90 Å². The van der Waals surface area contributed by atoms with Crippen LogP contribution in [0.15, 0.2) is 12.2 Å². The van der Waals surface area contributed by atoms with Crippen molar-refractivity contribution in [2.24, 2.45) is 0 Å². The van der Waals surface area contributed by atoms with Crippen LogP contribution in [0, 0.1) is 0 Å². The van der Waals surface area contributed by atoms with Crippen LogP contribution in [0.4, 0.5) is 0 Å². The highest BCUT2D eigenvalue weighted by Gasteiger charge is 2.00. The molecule has 0 radical (unpaired) electrons. The topological polar surface area (TPSA) is 159 Å². The van der Waals surface area contributed by atoms with E-state index < -0.39 is 10.4 Å². The minimum atomic E-state index is -4.67. The van der Waals surface area contributed by atoms with Gasteiger partial charge in [0.1, 0.15) is 0 Å². The summed E-state index contributed by atoms with van der Waals surface area (Å²) < 4.78 is 31.6. The minimum absolute atomic E-state index is 0.0694. The summed E-state index contributed by atoms with van der Waals surface area (Å²) in [5.74, 6) is 0. The summed E-state index contributed by atoms with van der Waals surface area (Å²) in [5, 5.41) is 34.1. The zero-order valence-corrected chi connectivity index (χ0v) is 22.2. The van der Waals surface area contributed by atoms with Gasteiger partial charge in [0.15, 0.2) is 0 Å². The van der Waals surface area contributed by atoms with Gasteiger partial charge in [-0.05, 0) is 32.1 Å². The van der Waals surface area contributed by atoms with Gasteiger partial charge < -0.3 is 20.4 Å². The largest absolute Gasteiger partial charge is 0.396 e. The van der Waals surface area contributed by atoms with Crippen molar-refractivity contribution in [1.29, 1.82) is 0 Å². The Balaban J connectivity index is -0.000000531. The Morgan fingerprint density at radius 3 is 1.21 bits per heavy atom. The number of nitrogens with zero attached hydrogens (tertiary/aromatic N) is 1. The maximum atomic E-state index is 8.74. The monoisotopic (exact) mass is 515 g/mol. The molecule has 0 fully saturated rings. The van der Waals surface area contributed by atoms with Crippen molar-refractivity contribution in [3.63, 3.8) is 0 Å². The van der Waals surface area contributed by atoms with E-state index in [0.717, 1.165) is 6.42 Å². The first-order valence-corrected chi connectivity index (χ1v) is 14.2. The first kappa shape index (κ1) is 37.9. The molecule has 0 aromatic carbocycles. The zero-order valence-electron chi connectivity index (χ0n) is 21.4. The van der Waals surface area contributed by atoms with Gasteiger partial charge in [-0.15, -0.1) is 0 Å². The number of allylic oxidation sites excluding steroid dienone is 2. The molecule has 0 aliphatic carbocycles. The van der Waals surface area contributed by atoms with Crippen molar-refractivity contribution in [2.45, 2.75) is 96.8 Å². The zero-order chi connectivity index (χ0) is 26.3. The van der Waals surface area contributed by atoms with E-state index in [-0.39, 0.29) is 19.8 Å². The summed E-state index contributed by atoms with van der Waals surface area (Å²) in [6, 6.07) is 0. The van der Waals surface area contributed by atoms with Crippen LogP contribution >= 0.6 is 0 Å². The molecule has 0 aromatic rings. The number of hydrogen-bond donors (Lipinski definition) is 6. The lowest BCUT2D eigenvalue weighted by molar-refractivity contribution is 0.136. The fourth-order valence-electron chi connectivity index (χ4n) is 3.12. The fraction of sp³-hybridized carbons (Fsp3) is 0.917. The molecule has 0 aliphatic rings. The standard InChI is InChI=1S/C18H36O.C6H15NO3.H2O4S/c1-2-3-4-5-6-7-8-9-10-11-12-13-14-15-16-17-18-19;8-4-1-7(2-5-9)3-6-10;1-5(2,3)4/h9-10,19H,2-8,11-18H2,1H3;8-10H,1-6H2;(H2,1,2,3,4)/b10-9-;;. The Morgan fingerprint density at radius 1 is 0.559 bits per heavy atom. The highest BCUT2D eigenvalue weighted by Crippen LogP contribution is 2.09. The second-order valence-corrected chi connectivity index (χ2v) is 9.02. The average Bonchev–Trinajstić information content (AvgIpc) is 2.76. The summed E-state index contributed by atoms with van der Waals surface area (Å²) in [7, 11) is -4.67. The van der Waals surface area contributed by atoms with Gasteiger partial charge in [0.25, 0.3) is 0 Å². The van der Waals surface area contributed by atoms with Gasteiger partial charge in [0.05, 0.1) is 19.8 Å². The quantitative estimate of drug-likeness (QED) is 0.0762. The maximum absolute atomic E-state index is 8.74. The van der Waals surface area contributed by atoms with E-state index >= 15 is 0 Å². The Bertz CT molecular complexity index is 467. The lowest BCUT2D eigenvalue weighted by Gasteiger charge is -2.17. The molecular formula is C24H53NO8S. The summed E-state index contributed by atoms with van der Waals surface area (Å²) in [4.78, 5) is 1.79. The SMILES string of the molecule is CCCCCCCC/C=C\CCCCCCCCO.O=S(=O)(O)O.OCCN(CCO)CCO. The molecule has 0 bridgehead atoms. The van der Waals surface area contributed by atoms with Crippen molar-refractivity contribution >= 4 is 10.4 Å². The highest BCUT2D eigenvalue weighted by atomic mass is 32.3. The molecule has 10 heteroatoms. The Labute approximate surface area is 208 Å². The molecule has 9 nitrogen and oxygen atoms in total. The lowest BCUT2D eigenvalue weighted by atomic mass is 10.1. The third-order valence-corrected chi connectivity index (χ3v) is 4.92. The second-order valence-electron chi connectivity index (χ2n) is 8.12. The predicted octanol–water partition coefficient (Wildman–Crippen LogP) is 3.63. The first-order chi connectivity index (χ1) is 16.3. The minimum Gasteiger partial charge on any atom is -0.396 e. The van der Waals surface area contributed by atoms with E-state index in [0.29, 0.717) is 26.2 Å². The molecule has 0 saturated carbocycles. The van der Waals surface area contributed by atoms with E-state index in [2.05, 4.69) is 19.1 Å². The molecule has 0 saturated heterocycles. The Morgan fingerprint density at radius 2 is 0.882 bits per heavy atom. The van der Waals surface area contributed by atoms with E-state index in [1.165, 1.54) is 83.5 Å². The van der Waals surface area contributed by atoms with E-state index in [1.807, 2.05) is 0 Å². The van der Waals surface area contributed by atoms with Gasteiger partial charge in [-0.1, -0.05) is 76.9 Å². The molecule has 0 atom stereocenters. The van der Waals surface area contributed by atoms with Crippen molar-refractivity contribution in [3.05, 3.63) is 12.2 Å². The molecule has 0 amide bonds. The van der Waals surface area contributed by atoms with Crippen LogP contribution in [0.2, 0.25) is 0 Å². The van der Waals surface area contributed by atoms with Crippen LogP contribution in [0.5, 0.6) is 0 Å². The lowest BCUT2D eigenvalue weighted by Crippen LogP contribution is -2.32. The highest BCUT2D eigenvalue weighted by molar-refractivity contribution is 7.79. The number of rotatable bonds is 21. The normalized spacial score (nSPS) is 11.3. The van der Waals surface area contributed by atoms with Crippen LogP contribution in [-0.4, -0.2) is 88.9 Å². The molecule has 208 valence electrons. The Kier molecular flexibility index (Phi) is 36.2. The molecule has 0 aliphatic heterocycles. The molecular weight excluding hydrogens is 462 g/mol. The van der Waals surface area contributed by atoms with Crippen molar-refractivity contribution < 1.29 is 37.9 Å². The van der Waals surface area contributed by atoms with E-state index in [4.69, 9.17) is 37.9 Å². The van der Waals surface area contributed by atoms with Gasteiger partial charge in [0.2, 0.25) is 0 Å². The average molecular weight is 516 g/mol. The van der Waals surface area contributed by atoms with Crippen molar-refractivity contribution in [1.82, 2.24) is 4.90 Å². The first-order valence-electron chi connectivity index (χ1n) is 12.8. The summed E-state index contributed by atoms with van der Waals surface area (Å²) >= 11 is 0. The number of aliphatic hydroxyl groups excluding tert-OH is 4. The van der Waals surface area contributed by atoms with Crippen molar-refractivity contribution in [3.8, 4) is 0 Å². The number of unbranched alkanes of at least 4 members (excludes halogenated alkanes) is 12. The molecule has 0 unspecified atom stereocenters. The van der Waals surface area contributed by atoms with Gasteiger partial charge in [0, 0.05) is 26.2 Å². The van der Waals surface area contributed by atoms with Crippen LogP contribution in [0.3, 0.4) is 0 Å². The van der Waals surface area contributed by atoms with Gasteiger partial charge >= 0.3 is 10.4 Å². The third-order valence-electron chi connectivity index (χ3n) is 4.92. The second kappa shape index (κ2) is 32.4. The van der Waals surface area contributed by atoms with Crippen LogP contribution < -0.4 is 0 Å². The number of aliphatic hydroxyl groups is 4. The molecule has 0 heterocycles. The van der Waals surface area contributed by atoms with Crippen LogP contribution in [-0.2, 0) is 10.4 Å². The molecule has 0 spiro atoms. The van der Waals surface area contributed by atoms with Crippen LogP contribution in [0.25, 0.3) is 0 Å². The van der Waals surface area contributed by atoms with Gasteiger partial charge in [-0.2, -0.15) is 8.42 Å². The van der Waals surface area contributed by atoms with Gasteiger partial charge in [-0.25, -0.2) is 0 Å². The molecule has 6 N–H and O–H groups in total. The predicted molar refractivity (Wildman–Crippen MR) is 138 cm³/mol. The van der Waals surface area contributed by atoms with Gasteiger partial charge in [-0.3, -0.25) is 14.0 Å². The molecule has 0 rings (SSSR count). The maximum Gasteiger partial charge on any atom is 0.394 e. The molecule has 0 aromatic heterocycles. The summed E-state index contributed by atoms with van der Waals surface area (Å²) in [6.07, 6.45) is 23.2. The smallest absolute Gasteiger partial charge is 0.394 e. The summed E-state index contributed by atoms with van der Waals surface area (Å²) in [5.41, 5.74) is 0. The number of hydrogen-bond acceptors (Lipinski definition) is 7. The Hall–Kier alpha value is -0.590. The van der Waals surface area contributed by atoms with Crippen molar-refractivity contribution in [2.75, 3.05) is 46.1 Å². The summed E-state index contributed by atoms with van der Waals surface area (Å²) in [6.45, 7) is 4.39. The van der Waals surface area contributed by atoms with Crippen LogP contribution in [0.1, 0.15) is 96.8 Å². The fourth-order valence-corrected chi connectivity index (χ4v) is 3.12. The third kappa shape index (κ3) is 48.7.